The summed E-state index contributed by atoms with van der Waals surface area (Å²) in [5, 5.41) is 0.880. The first-order valence-electron chi connectivity index (χ1n) is 8.19. The van der Waals surface area contributed by atoms with Crippen LogP contribution in [0.1, 0.15) is 21.5 Å². The van der Waals surface area contributed by atoms with Crippen molar-refractivity contribution in [2.24, 2.45) is 0 Å². The van der Waals surface area contributed by atoms with Gasteiger partial charge in [0.1, 0.15) is 0 Å². The third-order valence-electron chi connectivity index (χ3n) is 4.16. The molecule has 3 nitrogen and oxygen atoms in total. The predicted molar refractivity (Wildman–Crippen MR) is 102 cm³/mol. The van der Waals surface area contributed by atoms with Crippen LogP contribution in [0.4, 0.5) is 0 Å². The van der Waals surface area contributed by atoms with Crippen LogP contribution in [-0.2, 0) is 11.3 Å². The van der Waals surface area contributed by atoms with Crippen molar-refractivity contribution in [3.63, 3.8) is 0 Å². The minimum Gasteiger partial charge on any atom is -0.379 e. The highest BCUT2D eigenvalue weighted by Crippen LogP contribution is 2.22. The van der Waals surface area contributed by atoms with Crippen molar-refractivity contribution in [2.45, 2.75) is 6.54 Å². The van der Waals surface area contributed by atoms with Gasteiger partial charge in [0.05, 0.1) is 18.2 Å². The molecule has 1 heterocycles. The summed E-state index contributed by atoms with van der Waals surface area (Å²) in [6.07, 6.45) is 3.41. The molecule has 0 atom stereocenters. The molecule has 2 aromatic rings. The summed E-state index contributed by atoms with van der Waals surface area (Å²) in [6, 6.07) is 13.0. The van der Waals surface area contributed by atoms with Crippen LogP contribution in [0.25, 0.3) is 6.08 Å². The van der Waals surface area contributed by atoms with Gasteiger partial charge in [-0.05, 0) is 35.4 Å². The lowest BCUT2D eigenvalue weighted by Gasteiger charge is -2.27. The summed E-state index contributed by atoms with van der Waals surface area (Å²) in [6.45, 7) is 4.24. The number of ketones is 1. The molecule has 0 amide bonds. The molecule has 1 fully saturated rings. The average molecular weight is 376 g/mol. The minimum atomic E-state index is -0.136. The second-order valence-electron chi connectivity index (χ2n) is 5.91. The van der Waals surface area contributed by atoms with Crippen molar-refractivity contribution in [2.75, 3.05) is 26.3 Å². The number of benzene rings is 2. The topological polar surface area (TPSA) is 29.5 Å². The summed E-state index contributed by atoms with van der Waals surface area (Å²) in [5.74, 6) is -0.136. The van der Waals surface area contributed by atoms with Crippen LogP contribution in [0.2, 0.25) is 10.0 Å². The van der Waals surface area contributed by atoms with Gasteiger partial charge in [-0.3, -0.25) is 9.69 Å². The SMILES string of the molecule is O=C(C=Cc1ccccc1CN1CCOCC1)c1ccc(Cl)cc1Cl. The monoisotopic (exact) mass is 375 g/mol. The van der Waals surface area contributed by atoms with Crippen molar-refractivity contribution in [1.82, 2.24) is 4.90 Å². The molecule has 5 heteroatoms. The van der Waals surface area contributed by atoms with E-state index in [-0.39, 0.29) is 5.78 Å². The Labute approximate surface area is 157 Å². The van der Waals surface area contributed by atoms with E-state index in [2.05, 4.69) is 11.0 Å². The van der Waals surface area contributed by atoms with E-state index in [9.17, 15) is 4.79 Å². The molecule has 0 aliphatic carbocycles. The molecule has 1 aliphatic heterocycles. The number of ether oxygens (including phenoxy) is 1. The van der Waals surface area contributed by atoms with Crippen LogP contribution in [0.3, 0.4) is 0 Å². The fraction of sp³-hybridized carbons (Fsp3) is 0.250. The van der Waals surface area contributed by atoms with Gasteiger partial charge >= 0.3 is 0 Å². The van der Waals surface area contributed by atoms with Crippen LogP contribution in [0.15, 0.2) is 48.5 Å². The van der Waals surface area contributed by atoms with E-state index < -0.39 is 0 Å². The first kappa shape index (κ1) is 18.2. The maximum atomic E-state index is 12.4. The molecular weight excluding hydrogens is 357 g/mol. The molecule has 3 rings (SSSR count). The number of allylic oxidation sites excluding steroid dienone is 1. The molecule has 0 radical (unpaired) electrons. The lowest BCUT2D eigenvalue weighted by molar-refractivity contribution is 0.0341. The molecule has 1 aliphatic rings. The van der Waals surface area contributed by atoms with Gasteiger partial charge in [-0.1, -0.05) is 53.5 Å². The standard InChI is InChI=1S/C20H19Cl2NO2/c21-17-6-7-18(19(22)13-17)20(24)8-5-15-3-1-2-4-16(15)14-23-9-11-25-12-10-23/h1-8,13H,9-12,14H2. The Morgan fingerprint density at radius 3 is 2.64 bits per heavy atom. The zero-order valence-electron chi connectivity index (χ0n) is 13.8. The lowest BCUT2D eigenvalue weighted by atomic mass is 10.0. The smallest absolute Gasteiger partial charge is 0.187 e. The van der Waals surface area contributed by atoms with Gasteiger partial charge in [-0.25, -0.2) is 0 Å². The molecule has 0 aromatic heterocycles. The zero-order valence-corrected chi connectivity index (χ0v) is 15.3. The summed E-state index contributed by atoms with van der Waals surface area (Å²) in [5.41, 5.74) is 2.68. The van der Waals surface area contributed by atoms with Gasteiger partial charge in [0.2, 0.25) is 0 Å². The molecular formula is C20H19Cl2NO2. The van der Waals surface area contributed by atoms with E-state index >= 15 is 0 Å². The number of morpholine rings is 1. The Hall–Kier alpha value is -1.65. The molecule has 25 heavy (non-hydrogen) atoms. The second kappa shape index (κ2) is 8.63. The van der Waals surface area contributed by atoms with E-state index in [1.54, 1.807) is 24.3 Å². The van der Waals surface area contributed by atoms with E-state index in [0.717, 1.165) is 38.4 Å². The Balaban J connectivity index is 1.75. The maximum absolute atomic E-state index is 12.4. The Morgan fingerprint density at radius 2 is 1.88 bits per heavy atom. The molecule has 130 valence electrons. The average Bonchev–Trinajstić information content (AvgIpc) is 2.61. The number of nitrogens with zero attached hydrogens (tertiary/aromatic N) is 1. The number of hydrogen-bond donors (Lipinski definition) is 0. The summed E-state index contributed by atoms with van der Waals surface area (Å²) < 4.78 is 5.39. The predicted octanol–water partition coefficient (Wildman–Crippen LogP) is 4.72. The normalized spacial score (nSPS) is 15.6. The molecule has 1 saturated heterocycles. The van der Waals surface area contributed by atoms with E-state index in [0.29, 0.717) is 15.6 Å². The molecule has 0 unspecified atom stereocenters. The summed E-state index contributed by atoms with van der Waals surface area (Å²) in [7, 11) is 0. The largest absolute Gasteiger partial charge is 0.379 e. The van der Waals surface area contributed by atoms with Gasteiger partial charge < -0.3 is 4.74 Å². The summed E-state index contributed by atoms with van der Waals surface area (Å²) in [4.78, 5) is 14.8. The van der Waals surface area contributed by atoms with E-state index in [1.807, 2.05) is 24.3 Å². The van der Waals surface area contributed by atoms with Crippen molar-refractivity contribution >= 4 is 35.1 Å². The number of rotatable bonds is 5. The fourth-order valence-electron chi connectivity index (χ4n) is 2.79. The minimum absolute atomic E-state index is 0.136. The van der Waals surface area contributed by atoms with Gasteiger partial charge in [0.15, 0.2) is 5.78 Å². The first-order chi connectivity index (χ1) is 12.1. The van der Waals surface area contributed by atoms with Crippen molar-refractivity contribution in [3.05, 3.63) is 75.3 Å². The van der Waals surface area contributed by atoms with Crippen LogP contribution >= 0.6 is 23.2 Å². The van der Waals surface area contributed by atoms with E-state index in [1.165, 1.54) is 5.56 Å². The maximum Gasteiger partial charge on any atom is 0.187 e. The Bertz CT molecular complexity index is 783. The van der Waals surface area contributed by atoms with Crippen LogP contribution < -0.4 is 0 Å². The molecule has 0 bridgehead atoms. The third-order valence-corrected chi connectivity index (χ3v) is 4.71. The molecule has 0 N–H and O–H groups in total. The number of halogens is 2. The Kier molecular flexibility index (Phi) is 6.27. The van der Waals surface area contributed by atoms with Gasteiger partial charge in [-0.15, -0.1) is 0 Å². The van der Waals surface area contributed by atoms with Crippen LogP contribution in [-0.4, -0.2) is 37.0 Å². The molecule has 0 saturated carbocycles. The van der Waals surface area contributed by atoms with Crippen molar-refractivity contribution < 1.29 is 9.53 Å². The zero-order chi connectivity index (χ0) is 17.6. The fourth-order valence-corrected chi connectivity index (χ4v) is 3.29. The van der Waals surface area contributed by atoms with E-state index in [4.69, 9.17) is 27.9 Å². The van der Waals surface area contributed by atoms with Crippen molar-refractivity contribution in [3.8, 4) is 0 Å². The third kappa shape index (κ3) is 4.93. The van der Waals surface area contributed by atoms with Gasteiger partial charge in [-0.2, -0.15) is 0 Å². The van der Waals surface area contributed by atoms with Gasteiger partial charge in [0.25, 0.3) is 0 Å². The highest BCUT2D eigenvalue weighted by atomic mass is 35.5. The van der Waals surface area contributed by atoms with Crippen molar-refractivity contribution in [1.29, 1.82) is 0 Å². The number of hydrogen-bond acceptors (Lipinski definition) is 3. The summed E-state index contributed by atoms with van der Waals surface area (Å²) >= 11 is 12.0. The highest BCUT2D eigenvalue weighted by molar-refractivity contribution is 6.37. The molecule has 0 spiro atoms. The van der Waals surface area contributed by atoms with Gasteiger partial charge in [0, 0.05) is 30.2 Å². The quantitative estimate of drug-likeness (QED) is 0.559. The first-order valence-corrected chi connectivity index (χ1v) is 8.94. The number of carbonyl (C=O) groups excluding carboxylic acids is 1. The second-order valence-corrected chi connectivity index (χ2v) is 6.75. The Morgan fingerprint density at radius 1 is 1.12 bits per heavy atom. The highest BCUT2D eigenvalue weighted by Gasteiger charge is 2.12. The number of carbonyl (C=O) groups is 1. The molecule has 2 aromatic carbocycles. The van der Waals surface area contributed by atoms with Crippen LogP contribution in [0.5, 0.6) is 0 Å². The van der Waals surface area contributed by atoms with Crippen LogP contribution in [0, 0.1) is 0 Å². The lowest BCUT2D eigenvalue weighted by Crippen LogP contribution is -2.35.